The van der Waals surface area contributed by atoms with Crippen molar-refractivity contribution in [2.45, 2.75) is 65.4 Å². The second kappa shape index (κ2) is 6.05. The van der Waals surface area contributed by atoms with Crippen molar-refractivity contribution in [3.63, 3.8) is 0 Å². The van der Waals surface area contributed by atoms with Gasteiger partial charge in [-0.2, -0.15) is 0 Å². The van der Waals surface area contributed by atoms with Gasteiger partial charge in [0.05, 0.1) is 6.10 Å². The lowest BCUT2D eigenvalue weighted by molar-refractivity contribution is -0.137. The molecule has 2 aliphatic carbocycles. The van der Waals surface area contributed by atoms with Crippen LogP contribution in [-0.4, -0.2) is 35.6 Å². The molecule has 116 valence electrons. The molecule has 0 saturated heterocycles. The van der Waals surface area contributed by atoms with Crippen molar-refractivity contribution in [2.75, 3.05) is 13.6 Å². The summed E-state index contributed by atoms with van der Waals surface area (Å²) in [4.78, 5) is 14.4. The fourth-order valence-corrected chi connectivity index (χ4v) is 3.84. The van der Waals surface area contributed by atoms with Crippen molar-refractivity contribution in [1.29, 1.82) is 0 Å². The third kappa shape index (κ3) is 3.75. The van der Waals surface area contributed by atoms with Crippen molar-refractivity contribution in [3.8, 4) is 0 Å². The number of rotatable bonds is 3. The van der Waals surface area contributed by atoms with Gasteiger partial charge in [-0.1, -0.05) is 20.8 Å². The molecule has 1 N–H and O–H groups in total. The Kier molecular flexibility index (Phi) is 4.78. The molecule has 3 nitrogen and oxygen atoms in total. The van der Waals surface area contributed by atoms with E-state index in [1.807, 2.05) is 11.9 Å². The lowest BCUT2D eigenvalue weighted by atomic mass is 9.69. The quantitative estimate of drug-likeness (QED) is 0.863. The van der Waals surface area contributed by atoms with E-state index in [1.165, 1.54) is 12.8 Å². The Hall–Kier alpha value is -0.570. The molecular weight excluding hydrogens is 250 g/mol. The number of nitrogens with zero attached hydrogens (tertiary/aromatic N) is 1. The third-order valence-corrected chi connectivity index (χ3v) is 5.42. The van der Waals surface area contributed by atoms with Crippen molar-refractivity contribution in [2.24, 2.45) is 23.2 Å². The molecule has 0 aromatic carbocycles. The molecule has 0 heterocycles. The molecule has 2 fully saturated rings. The Morgan fingerprint density at radius 1 is 1.15 bits per heavy atom. The summed E-state index contributed by atoms with van der Waals surface area (Å²) in [6.45, 7) is 7.77. The Morgan fingerprint density at radius 3 is 2.15 bits per heavy atom. The summed E-state index contributed by atoms with van der Waals surface area (Å²) < 4.78 is 0. The minimum absolute atomic E-state index is 0.120. The van der Waals surface area contributed by atoms with Crippen LogP contribution in [0.5, 0.6) is 0 Å². The molecule has 2 aliphatic rings. The SMILES string of the molecule is CN(CC1CC(O)C1)C(=O)C1CCC(C(C)(C)C)CC1. The summed E-state index contributed by atoms with van der Waals surface area (Å²) >= 11 is 0. The highest BCUT2D eigenvalue weighted by Gasteiger charge is 2.35. The van der Waals surface area contributed by atoms with Crippen LogP contribution in [0.3, 0.4) is 0 Å². The van der Waals surface area contributed by atoms with Gasteiger partial charge in [0.1, 0.15) is 0 Å². The Bertz CT molecular complexity index is 333. The summed E-state index contributed by atoms with van der Waals surface area (Å²) in [6.07, 6.45) is 6.11. The minimum atomic E-state index is -0.120. The maximum atomic E-state index is 12.5. The van der Waals surface area contributed by atoms with Gasteiger partial charge in [0.15, 0.2) is 0 Å². The summed E-state index contributed by atoms with van der Waals surface area (Å²) in [5.74, 6) is 1.85. The maximum absolute atomic E-state index is 12.5. The molecule has 0 radical (unpaired) electrons. The minimum Gasteiger partial charge on any atom is -0.393 e. The van der Waals surface area contributed by atoms with Gasteiger partial charge >= 0.3 is 0 Å². The van der Waals surface area contributed by atoms with Gasteiger partial charge in [-0.3, -0.25) is 4.79 Å². The largest absolute Gasteiger partial charge is 0.393 e. The first-order valence-corrected chi connectivity index (χ1v) is 8.20. The van der Waals surface area contributed by atoms with E-state index < -0.39 is 0 Å². The summed E-state index contributed by atoms with van der Waals surface area (Å²) in [5, 5.41) is 9.32. The second-order valence-corrected chi connectivity index (χ2v) is 8.12. The van der Waals surface area contributed by atoms with E-state index in [4.69, 9.17) is 0 Å². The summed E-state index contributed by atoms with van der Waals surface area (Å²) in [5.41, 5.74) is 0.377. The highest BCUT2D eigenvalue weighted by Crippen LogP contribution is 2.40. The molecule has 0 unspecified atom stereocenters. The number of carbonyl (C=O) groups excluding carboxylic acids is 1. The van der Waals surface area contributed by atoms with Crippen LogP contribution in [0.25, 0.3) is 0 Å². The van der Waals surface area contributed by atoms with E-state index in [0.29, 0.717) is 17.2 Å². The number of aliphatic hydroxyl groups excluding tert-OH is 1. The lowest BCUT2D eigenvalue weighted by Crippen LogP contribution is -2.42. The van der Waals surface area contributed by atoms with E-state index >= 15 is 0 Å². The molecule has 2 rings (SSSR count). The van der Waals surface area contributed by atoms with E-state index in [2.05, 4.69) is 20.8 Å². The van der Waals surface area contributed by atoms with E-state index in [-0.39, 0.29) is 12.0 Å². The average molecular weight is 281 g/mol. The molecule has 0 aliphatic heterocycles. The zero-order valence-electron chi connectivity index (χ0n) is 13.6. The molecule has 0 atom stereocenters. The smallest absolute Gasteiger partial charge is 0.225 e. The van der Waals surface area contributed by atoms with Crippen LogP contribution in [-0.2, 0) is 4.79 Å². The molecule has 3 heteroatoms. The fourth-order valence-electron chi connectivity index (χ4n) is 3.84. The van der Waals surface area contributed by atoms with Crippen LogP contribution in [0.15, 0.2) is 0 Å². The highest BCUT2D eigenvalue weighted by atomic mass is 16.3. The number of carbonyl (C=O) groups is 1. The monoisotopic (exact) mass is 281 g/mol. The summed E-state index contributed by atoms with van der Waals surface area (Å²) in [7, 11) is 1.93. The summed E-state index contributed by atoms with van der Waals surface area (Å²) in [6, 6.07) is 0. The van der Waals surface area contributed by atoms with Crippen LogP contribution >= 0.6 is 0 Å². The van der Waals surface area contributed by atoms with Gasteiger partial charge in [0.25, 0.3) is 0 Å². The topological polar surface area (TPSA) is 40.5 Å². The van der Waals surface area contributed by atoms with Crippen LogP contribution in [0, 0.1) is 23.2 Å². The predicted molar refractivity (Wildman–Crippen MR) is 81.3 cm³/mol. The van der Waals surface area contributed by atoms with Crippen molar-refractivity contribution in [3.05, 3.63) is 0 Å². The lowest BCUT2D eigenvalue weighted by Gasteiger charge is -2.39. The second-order valence-electron chi connectivity index (χ2n) is 8.12. The molecule has 20 heavy (non-hydrogen) atoms. The molecule has 1 amide bonds. The Labute approximate surface area is 123 Å². The molecular formula is C17H31NO2. The zero-order valence-corrected chi connectivity index (χ0v) is 13.6. The number of hydrogen-bond acceptors (Lipinski definition) is 2. The molecule has 0 spiro atoms. The van der Waals surface area contributed by atoms with Gasteiger partial charge in [-0.25, -0.2) is 0 Å². The van der Waals surface area contributed by atoms with Crippen molar-refractivity contribution >= 4 is 5.91 Å². The Balaban J connectivity index is 1.76. The molecule has 2 saturated carbocycles. The van der Waals surface area contributed by atoms with Gasteiger partial charge in [0.2, 0.25) is 5.91 Å². The van der Waals surface area contributed by atoms with Crippen LogP contribution in [0.4, 0.5) is 0 Å². The van der Waals surface area contributed by atoms with E-state index in [0.717, 1.165) is 38.1 Å². The van der Waals surface area contributed by atoms with Gasteiger partial charge < -0.3 is 10.0 Å². The van der Waals surface area contributed by atoms with Gasteiger partial charge in [-0.15, -0.1) is 0 Å². The van der Waals surface area contributed by atoms with E-state index in [9.17, 15) is 9.90 Å². The van der Waals surface area contributed by atoms with E-state index in [1.54, 1.807) is 0 Å². The Morgan fingerprint density at radius 2 is 1.70 bits per heavy atom. The number of amides is 1. The normalized spacial score (nSPS) is 34.5. The molecule has 0 aromatic heterocycles. The van der Waals surface area contributed by atoms with Gasteiger partial charge in [-0.05, 0) is 55.8 Å². The fraction of sp³-hybridized carbons (Fsp3) is 0.941. The third-order valence-electron chi connectivity index (χ3n) is 5.42. The van der Waals surface area contributed by atoms with Crippen molar-refractivity contribution in [1.82, 2.24) is 4.90 Å². The first-order valence-electron chi connectivity index (χ1n) is 8.20. The van der Waals surface area contributed by atoms with Gasteiger partial charge in [0, 0.05) is 19.5 Å². The number of aliphatic hydroxyl groups is 1. The molecule has 0 aromatic rings. The molecule has 0 bridgehead atoms. The van der Waals surface area contributed by atoms with Crippen LogP contribution in [0.1, 0.15) is 59.3 Å². The predicted octanol–water partition coefficient (Wildman–Crippen LogP) is 3.07. The number of hydrogen-bond donors (Lipinski definition) is 1. The average Bonchev–Trinajstić information content (AvgIpc) is 2.35. The first kappa shape index (κ1) is 15.8. The maximum Gasteiger partial charge on any atom is 0.225 e. The first-order chi connectivity index (χ1) is 9.27. The highest BCUT2D eigenvalue weighted by molar-refractivity contribution is 5.78. The van der Waals surface area contributed by atoms with Crippen molar-refractivity contribution < 1.29 is 9.90 Å². The van der Waals surface area contributed by atoms with Crippen LogP contribution < -0.4 is 0 Å². The standard InChI is InChI=1S/C17H31NO2/c1-17(2,3)14-7-5-13(6-8-14)16(20)18(4)11-12-9-15(19)10-12/h12-15,19H,5-11H2,1-4H3. The zero-order chi connectivity index (χ0) is 14.9. The van der Waals surface area contributed by atoms with Crippen LogP contribution in [0.2, 0.25) is 0 Å².